The number of rotatable bonds is 8. The van der Waals surface area contributed by atoms with Gasteiger partial charge in [-0.1, -0.05) is 60.7 Å². The van der Waals surface area contributed by atoms with Crippen molar-refractivity contribution in [3.8, 4) is 5.88 Å². The third-order valence-electron chi connectivity index (χ3n) is 3.84. The maximum Gasteiger partial charge on any atom is 0.236 e. The zero-order chi connectivity index (χ0) is 16.6. The average Bonchev–Trinajstić information content (AvgIpc) is 2.97. The van der Waals surface area contributed by atoms with E-state index >= 15 is 0 Å². The lowest BCUT2D eigenvalue weighted by Gasteiger charge is -2.08. The van der Waals surface area contributed by atoms with E-state index in [1.165, 1.54) is 5.56 Å². The van der Waals surface area contributed by atoms with Gasteiger partial charge in [0.2, 0.25) is 5.88 Å². The van der Waals surface area contributed by atoms with Gasteiger partial charge in [-0.2, -0.15) is 0 Å². The molecule has 0 spiro atoms. The van der Waals surface area contributed by atoms with Gasteiger partial charge < -0.3 is 9.47 Å². The van der Waals surface area contributed by atoms with Gasteiger partial charge in [0.05, 0.1) is 13.2 Å². The largest absolute Gasteiger partial charge is 0.474 e. The SMILES string of the molecule is Cc1[nH]nc(OCCOCc2ccccc2)c1Cc1ccccc1. The number of H-pyrrole nitrogens is 1. The molecule has 0 aliphatic rings. The minimum atomic E-state index is 0.485. The summed E-state index contributed by atoms with van der Waals surface area (Å²) >= 11 is 0. The quantitative estimate of drug-likeness (QED) is 0.640. The van der Waals surface area contributed by atoms with E-state index in [-0.39, 0.29) is 0 Å². The van der Waals surface area contributed by atoms with Crippen LogP contribution in [0.2, 0.25) is 0 Å². The molecule has 0 unspecified atom stereocenters. The van der Waals surface area contributed by atoms with Gasteiger partial charge in [0.15, 0.2) is 0 Å². The molecule has 1 aromatic heterocycles. The standard InChI is InChI=1S/C20H22N2O2/c1-16-19(14-17-8-4-2-5-9-17)20(22-21-16)24-13-12-23-15-18-10-6-3-7-11-18/h2-11H,12-15H2,1H3,(H,21,22). The van der Waals surface area contributed by atoms with Gasteiger partial charge in [-0.25, -0.2) is 0 Å². The second kappa shape index (κ2) is 8.31. The van der Waals surface area contributed by atoms with Crippen LogP contribution in [0.4, 0.5) is 0 Å². The zero-order valence-electron chi connectivity index (χ0n) is 13.9. The number of hydrogen-bond donors (Lipinski definition) is 1. The predicted molar refractivity (Wildman–Crippen MR) is 94.2 cm³/mol. The Morgan fingerprint density at radius 2 is 1.54 bits per heavy atom. The van der Waals surface area contributed by atoms with Gasteiger partial charge in [-0.3, -0.25) is 5.10 Å². The number of hydrogen-bond acceptors (Lipinski definition) is 3. The fraction of sp³-hybridized carbons (Fsp3) is 0.250. The van der Waals surface area contributed by atoms with Crippen molar-refractivity contribution in [3.63, 3.8) is 0 Å². The lowest BCUT2D eigenvalue weighted by Crippen LogP contribution is -2.08. The van der Waals surface area contributed by atoms with Gasteiger partial charge in [-0.05, 0) is 18.1 Å². The van der Waals surface area contributed by atoms with Gasteiger partial charge in [0.25, 0.3) is 0 Å². The van der Waals surface area contributed by atoms with Gasteiger partial charge in [-0.15, -0.1) is 5.10 Å². The number of nitrogens with zero attached hydrogens (tertiary/aromatic N) is 1. The Hall–Kier alpha value is -2.59. The summed E-state index contributed by atoms with van der Waals surface area (Å²) in [5.74, 6) is 0.666. The monoisotopic (exact) mass is 322 g/mol. The van der Waals surface area contributed by atoms with E-state index in [9.17, 15) is 0 Å². The molecule has 1 N–H and O–H groups in total. The summed E-state index contributed by atoms with van der Waals surface area (Å²) in [7, 11) is 0. The average molecular weight is 322 g/mol. The van der Waals surface area contributed by atoms with E-state index < -0.39 is 0 Å². The highest BCUT2D eigenvalue weighted by atomic mass is 16.5. The number of ether oxygens (including phenoxy) is 2. The molecule has 2 aromatic carbocycles. The molecule has 0 saturated heterocycles. The first-order valence-electron chi connectivity index (χ1n) is 8.15. The zero-order valence-corrected chi connectivity index (χ0v) is 13.9. The molecule has 4 nitrogen and oxygen atoms in total. The number of aromatic nitrogens is 2. The van der Waals surface area contributed by atoms with Crippen LogP contribution in [0.5, 0.6) is 5.88 Å². The Kier molecular flexibility index (Phi) is 5.64. The highest BCUT2D eigenvalue weighted by molar-refractivity contribution is 5.35. The molecule has 0 saturated carbocycles. The molecule has 0 bridgehead atoms. The van der Waals surface area contributed by atoms with E-state index in [0.29, 0.717) is 25.7 Å². The molecule has 0 aliphatic heterocycles. The topological polar surface area (TPSA) is 47.1 Å². The van der Waals surface area contributed by atoms with Crippen molar-refractivity contribution >= 4 is 0 Å². The van der Waals surface area contributed by atoms with Gasteiger partial charge in [0.1, 0.15) is 6.61 Å². The van der Waals surface area contributed by atoms with Crippen LogP contribution in [0.3, 0.4) is 0 Å². The van der Waals surface area contributed by atoms with Crippen molar-refractivity contribution in [3.05, 3.63) is 83.0 Å². The predicted octanol–water partition coefficient (Wildman–Crippen LogP) is 3.90. The maximum absolute atomic E-state index is 5.80. The lowest BCUT2D eigenvalue weighted by molar-refractivity contribution is 0.0872. The molecule has 124 valence electrons. The van der Waals surface area contributed by atoms with Crippen LogP contribution < -0.4 is 4.74 Å². The van der Waals surface area contributed by atoms with Crippen molar-refractivity contribution in [2.75, 3.05) is 13.2 Å². The first-order valence-corrected chi connectivity index (χ1v) is 8.15. The molecule has 0 atom stereocenters. The molecule has 0 fully saturated rings. The summed E-state index contributed by atoms with van der Waals surface area (Å²) in [5, 5.41) is 7.27. The molecular formula is C20H22N2O2. The molecule has 0 radical (unpaired) electrons. The van der Waals surface area contributed by atoms with Gasteiger partial charge >= 0.3 is 0 Å². The molecule has 0 amide bonds. The normalized spacial score (nSPS) is 10.7. The Labute approximate surface area is 142 Å². The van der Waals surface area contributed by atoms with Crippen LogP contribution in [0.25, 0.3) is 0 Å². The minimum absolute atomic E-state index is 0.485. The molecule has 3 rings (SSSR count). The summed E-state index contributed by atoms with van der Waals surface area (Å²) in [4.78, 5) is 0. The van der Waals surface area contributed by atoms with E-state index in [4.69, 9.17) is 9.47 Å². The van der Waals surface area contributed by atoms with Gasteiger partial charge in [0, 0.05) is 17.7 Å². The summed E-state index contributed by atoms with van der Waals surface area (Å²) < 4.78 is 11.4. The molecule has 24 heavy (non-hydrogen) atoms. The van der Waals surface area contributed by atoms with Crippen molar-refractivity contribution < 1.29 is 9.47 Å². The third-order valence-corrected chi connectivity index (χ3v) is 3.84. The minimum Gasteiger partial charge on any atom is -0.474 e. The van der Waals surface area contributed by atoms with Crippen LogP contribution in [0, 0.1) is 6.92 Å². The first kappa shape index (κ1) is 16.3. The number of aromatic amines is 1. The van der Waals surface area contributed by atoms with Crippen LogP contribution in [-0.4, -0.2) is 23.4 Å². The number of benzene rings is 2. The van der Waals surface area contributed by atoms with Crippen molar-refractivity contribution in [2.45, 2.75) is 20.0 Å². The molecule has 1 heterocycles. The van der Waals surface area contributed by atoms with Crippen molar-refractivity contribution in [1.82, 2.24) is 10.2 Å². The second-order valence-electron chi connectivity index (χ2n) is 5.68. The fourth-order valence-electron chi connectivity index (χ4n) is 2.52. The summed E-state index contributed by atoms with van der Waals surface area (Å²) in [6.45, 7) is 3.63. The van der Waals surface area contributed by atoms with E-state index in [2.05, 4.69) is 34.5 Å². The van der Waals surface area contributed by atoms with E-state index in [1.54, 1.807) is 0 Å². The fourth-order valence-corrected chi connectivity index (χ4v) is 2.52. The number of aryl methyl sites for hydroxylation is 1. The maximum atomic E-state index is 5.80. The summed E-state index contributed by atoms with van der Waals surface area (Å²) in [6.07, 6.45) is 0.809. The second-order valence-corrected chi connectivity index (χ2v) is 5.68. The number of nitrogens with one attached hydrogen (secondary N) is 1. The molecule has 0 aliphatic carbocycles. The Bertz CT molecular complexity index is 739. The van der Waals surface area contributed by atoms with E-state index in [0.717, 1.165) is 23.2 Å². The van der Waals surface area contributed by atoms with Crippen LogP contribution in [0.1, 0.15) is 22.4 Å². The Balaban J connectivity index is 1.49. The van der Waals surface area contributed by atoms with Crippen molar-refractivity contribution in [2.24, 2.45) is 0 Å². The van der Waals surface area contributed by atoms with Crippen LogP contribution >= 0.6 is 0 Å². The lowest BCUT2D eigenvalue weighted by atomic mass is 10.1. The Morgan fingerprint density at radius 1 is 0.875 bits per heavy atom. The first-order chi connectivity index (χ1) is 11.8. The third kappa shape index (κ3) is 4.46. The smallest absolute Gasteiger partial charge is 0.236 e. The summed E-state index contributed by atoms with van der Waals surface area (Å²) in [6, 6.07) is 20.5. The molecule has 4 heteroatoms. The van der Waals surface area contributed by atoms with Crippen LogP contribution in [-0.2, 0) is 17.8 Å². The molecular weight excluding hydrogens is 300 g/mol. The van der Waals surface area contributed by atoms with Crippen molar-refractivity contribution in [1.29, 1.82) is 0 Å². The Morgan fingerprint density at radius 3 is 2.25 bits per heavy atom. The van der Waals surface area contributed by atoms with E-state index in [1.807, 2.05) is 43.3 Å². The summed E-state index contributed by atoms with van der Waals surface area (Å²) in [5.41, 5.74) is 4.55. The highest BCUT2D eigenvalue weighted by Gasteiger charge is 2.12. The van der Waals surface area contributed by atoms with Crippen LogP contribution in [0.15, 0.2) is 60.7 Å². The highest BCUT2D eigenvalue weighted by Crippen LogP contribution is 2.22. The molecule has 3 aromatic rings.